The maximum Gasteiger partial charge on any atom is 0.157 e. The van der Waals surface area contributed by atoms with Crippen LogP contribution in [0.15, 0.2) is 22.7 Å². The Morgan fingerprint density at radius 3 is 3.00 bits per heavy atom. The van der Waals surface area contributed by atoms with Crippen LogP contribution in [-0.4, -0.2) is 13.6 Å². The van der Waals surface area contributed by atoms with Crippen LogP contribution in [0.4, 0.5) is 0 Å². The van der Waals surface area contributed by atoms with Gasteiger partial charge < -0.3 is 0 Å². The number of rotatable bonds is 0. The molecule has 0 spiro atoms. The largest absolute Gasteiger partial charge is 0.295 e. The highest BCUT2D eigenvalue weighted by Crippen LogP contribution is 2.29. The zero-order chi connectivity index (χ0) is 9.42. The van der Waals surface area contributed by atoms with Gasteiger partial charge in [0.1, 0.15) is 0 Å². The lowest BCUT2D eigenvalue weighted by molar-refractivity contribution is 0.0973. The van der Waals surface area contributed by atoms with Crippen molar-refractivity contribution in [3.05, 3.63) is 33.8 Å². The minimum atomic E-state index is -0.298. The summed E-state index contributed by atoms with van der Waals surface area (Å²) < 4.78 is 1.02. The zero-order valence-electron chi connectivity index (χ0n) is 7.09. The summed E-state index contributed by atoms with van der Waals surface area (Å²) in [5.74, 6) is -0.220. The molecule has 2 radical (unpaired) electrons. The predicted octanol–water partition coefficient (Wildman–Crippen LogP) is 2.54. The lowest BCUT2D eigenvalue weighted by Gasteiger charge is -2.20. The number of halogens is 1. The Balaban J connectivity index is 2.50. The topological polar surface area (TPSA) is 17.1 Å². The third-order valence-electron chi connectivity index (χ3n) is 2.39. The van der Waals surface area contributed by atoms with Gasteiger partial charge in [-0.25, -0.2) is 0 Å². The van der Waals surface area contributed by atoms with Crippen molar-refractivity contribution in [2.24, 2.45) is 0 Å². The molecule has 0 N–H and O–H groups in total. The number of hydrogen-bond donors (Lipinski definition) is 0. The Morgan fingerprint density at radius 1 is 1.46 bits per heavy atom. The fraction of sp³-hybridized carbons (Fsp3) is 0.300. The molecule has 0 fully saturated rings. The van der Waals surface area contributed by atoms with Crippen LogP contribution in [0.25, 0.3) is 0 Å². The standard InChI is InChI=1S/C10H8BBrO/c11-9-4-1-6-5-7(12)2-3-8(6)10(9)13/h2-3,5,9H,1,4H2. The van der Waals surface area contributed by atoms with E-state index in [1.54, 1.807) is 0 Å². The number of aryl methyl sites for hydroxylation is 1. The molecule has 1 nitrogen and oxygen atoms in total. The fourth-order valence-electron chi connectivity index (χ4n) is 1.65. The van der Waals surface area contributed by atoms with Crippen LogP contribution in [0, 0.1) is 0 Å². The van der Waals surface area contributed by atoms with Crippen molar-refractivity contribution in [3.8, 4) is 0 Å². The van der Waals surface area contributed by atoms with Gasteiger partial charge in [0.05, 0.1) is 7.85 Å². The van der Waals surface area contributed by atoms with Crippen molar-refractivity contribution in [3.63, 3.8) is 0 Å². The van der Waals surface area contributed by atoms with Gasteiger partial charge in [-0.15, -0.1) is 0 Å². The quantitative estimate of drug-likeness (QED) is 0.631. The molecule has 1 unspecified atom stereocenters. The molecule has 0 aliphatic heterocycles. The van der Waals surface area contributed by atoms with Gasteiger partial charge >= 0.3 is 0 Å². The summed E-state index contributed by atoms with van der Waals surface area (Å²) in [6, 6.07) is 5.73. The number of carbonyl (C=O) groups excluding carboxylic acids is 1. The smallest absolute Gasteiger partial charge is 0.157 e. The lowest BCUT2D eigenvalue weighted by atomic mass is 9.72. The summed E-state index contributed by atoms with van der Waals surface area (Å²) >= 11 is 3.38. The van der Waals surface area contributed by atoms with Gasteiger partial charge in [0.2, 0.25) is 0 Å². The van der Waals surface area contributed by atoms with Crippen molar-refractivity contribution in [2.75, 3.05) is 0 Å². The van der Waals surface area contributed by atoms with Crippen LogP contribution in [-0.2, 0) is 6.42 Å². The summed E-state index contributed by atoms with van der Waals surface area (Å²) in [5.41, 5.74) is 1.91. The molecule has 1 aliphatic carbocycles. The molecule has 0 heterocycles. The van der Waals surface area contributed by atoms with E-state index in [-0.39, 0.29) is 11.6 Å². The molecule has 2 rings (SSSR count). The third-order valence-corrected chi connectivity index (χ3v) is 2.89. The van der Waals surface area contributed by atoms with E-state index in [1.807, 2.05) is 18.2 Å². The molecule has 0 bridgehead atoms. The monoisotopic (exact) mass is 234 g/mol. The normalized spacial score (nSPS) is 21.3. The third kappa shape index (κ3) is 1.57. The highest BCUT2D eigenvalue weighted by atomic mass is 79.9. The van der Waals surface area contributed by atoms with Crippen LogP contribution in [0.2, 0.25) is 5.82 Å². The molecule has 0 aromatic heterocycles. The highest BCUT2D eigenvalue weighted by molar-refractivity contribution is 9.10. The Kier molecular flexibility index (Phi) is 2.28. The fourth-order valence-corrected chi connectivity index (χ4v) is 2.06. The van der Waals surface area contributed by atoms with E-state index < -0.39 is 0 Å². The molecule has 0 saturated carbocycles. The van der Waals surface area contributed by atoms with Gasteiger partial charge in [-0.05, 0) is 36.4 Å². The first kappa shape index (κ1) is 9.01. The SMILES string of the molecule is [B]C1CCc2cc(Br)ccc2C1=O. The maximum atomic E-state index is 11.6. The predicted molar refractivity (Wildman–Crippen MR) is 56.3 cm³/mol. The van der Waals surface area contributed by atoms with E-state index in [2.05, 4.69) is 15.9 Å². The zero-order valence-corrected chi connectivity index (χ0v) is 8.67. The number of ketones is 1. The van der Waals surface area contributed by atoms with Crippen molar-refractivity contribution in [1.82, 2.24) is 0 Å². The van der Waals surface area contributed by atoms with Crippen LogP contribution < -0.4 is 0 Å². The van der Waals surface area contributed by atoms with Crippen molar-refractivity contribution in [1.29, 1.82) is 0 Å². The van der Waals surface area contributed by atoms with Gasteiger partial charge in [0.15, 0.2) is 5.78 Å². The maximum absolute atomic E-state index is 11.6. The summed E-state index contributed by atoms with van der Waals surface area (Å²) in [5, 5.41) is 0. The second-order valence-corrected chi connectivity index (χ2v) is 4.23. The average molecular weight is 235 g/mol. The molecule has 13 heavy (non-hydrogen) atoms. The minimum absolute atomic E-state index is 0.0775. The van der Waals surface area contributed by atoms with Gasteiger partial charge in [-0.3, -0.25) is 4.79 Å². The number of carbonyl (C=O) groups is 1. The van der Waals surface area contributed by atoms with E-state index in [0.717, 1.165) is 28.4 Å². The molecule has 1 aromatic carbocycles. The summed E-state index contributed by atoms with van der Waals surface area (Å²) in [7, 11) is 5.67. The van der Waals surface area contributed by atoms with Crippen molar-refractivity contribution in [2.45, 2.75) is 18.7 Å². The van der Waals surface area contributed by atoms with E-state index in [1.165, 1.54) is 0 Å². The first-order valence-electron chi connectivity index (χ1n) is 4.26. The molecule has 1 aliphatic rings. The average Bonchev–Trinajstić information content (AvgIpc) is 2.12. The molecule has 64 valence electrons. The molecule has 0 saturated heterocycles. The molecule has 0 amide bonds. The van der Waals surface area contributed by atoms with Gasteiger partial charge in [0, 0.05) is 10.0 Å². The van der Waals surface area contributed by atoms with E-state index in [9.17, 15) is 4.79 Å². The first-order chi connectivity index (χ1) is 6.18. The van der Waals surface area contributed by atoms with E-state index in [0.29, 0.717) is 0 Å². The van der Waals surface area contributed by atoms with E-state index in [4.69, 9.17) is 7.85 Å². The second kappa shape index (κ2) is 3.30. The van der Waals surface area contributed by atoms with Gasteiger partial charge in [-0.2, -0.15) is 0 Å². The minimum Gasteiger partial charge on any atom is -0.295 e. The highest BCUT2D eigenvalue weighted by Gasteiger charge is 2.22. The van der Waals surface area contributed by atoms with Crippen molar-refractivity contribution >= 4 is 29.6 Å². The van der Waals surface area contributed by atoms with Gasteiger partial charge in [-0.1, -0.05) is 22.0 Å². The summed E-state index contributed by atoms with van der Waals surface area (Å²) in [6.07, 6.45) is 1.67. The molecule has 1 aromatic rings. The number of fused-ring (bicyclic) bond motifs is 1. The summed E-state index contributed by atoms with van der Waals surface area (Å²) in [6.45, 7) is 0. The lowest BCUT2D eigenvalue weighted by Crippen LogP contribution is -2.17. The van der Waals surface area contributed by atoms with Gasteiger partial charge in [0.25, 0.3) is 0 Å². The Morgan fingerprint density at radius 2 is 2.23 bits per heavy atom. The molecule has 1 atom stereocenters. The number of benzene rings is 1. The second-order valence-electron chi connectivity index (χ2n) is 3.31. The van der Waals surface area contributed by atoms with Crippen molar-refractivity contribution < 1.29 is 4.79 Å². The molecule has 3 heteroatoms. The van der Waals surface area contributed by atoms with Crippen LogP contribution >= 0.6 is 15.9 Å². The molecular formula is C10H8BBrO. The first-order valence-corrected chi connectivity index (χ1v) is 5.06. The van der Waals surface area contributed by atoms with Crippen LogP contribution in [0.1, 0.15) is 22.3 Å². The number of hydrogen-bond acceptors (Lipinski definition) is 1. The Labute approximate surface area is 87.1 Å². The van der Waals surface area contributed by atoms with E-state index >= 15 is 0 Å². The Bertz CT molecular complexity index is 362. The molecular weight excluding hydrogens is 227 g/mol. The van der Waals surface area contributed by atoms with Crippen LogP contribution in [0.3, 0.4) is 0 Å². The summed E-state index contributed by atoms with van der Waals surface area (Å²) in [4.78, 5) is 11.6. The number of Topliss-reactive ketones (excluding diaryl/α,β-unsaturated/α-hetero) is 1. The van der Waals surface area contributed by atoms with Crippen LogP contribution in [0.5, 0.6) is 0 Å². The Hall–Kier alpha value is -0.565.